The first-order valence-corrected chi connectivity index (χ1v) is 8.00. The Labute approximate surface area is 134 Å². The molecule has 1 saturated heterocycles. The van der Waals surface area contributed by atoms with Crippen molar-refractivity contribution in [2.24, 2.45) is 5.73 Å². The van der Waals surface area contributed by atoms with Crippen molar-refractivity contribution >= 4 is 5.91 Å². The summed E-state index contributed by atoms with van der Waals surface area (Å²) in [5, 5.41) is 3.95. The summed E-state index contributed by atoms with van der Waals surface area (Å²) in [6, 6.07) is 3.81. The molecule has 23 heavy (non-hydrogen) atoms. The highest BCUT2D eigenvalue weighted by atomic mass is 16.5. The number of rotatable bonds is 5. The number of nitrogens with zero attached hydrogens (tertiary/aromatic N) is 4. The Bertz CT molecular complexity index is 643. The lowest BCUT2D eigenvalue weighted by atomic mass is 10.0. The van der Waals surface area contributed by atoms with Crippen LogP contribution in [0.1, 0.15) is 31.6 Å². The van der Waals surface area contributed by atoms with Crippen LogP contribution in [0.4, 0.5) is 0 Å². The van der Waals surface area contributed by atoms with Crippen molar-refractivity contribution < 1.29 is 9.32 Å². The van der Waals surface area contributed by atoms with E-state index in [0.29, 0.717) is 31.1 Å². The topological polar surface area (TPSA) is 98.1 Å². The zero-order valence-electron chi connectivity index (χ0n) is 13.0. The molecular weight excluding hydrogens is 294 g/mol. The van der Waals surface area contributed by atoms with Crippen LogP contribution < -0.4 is 5.73 Å². The number of nitrogens with two attached hydrogens (primary N) is 1. The molecule has 122 valence electrons. The van der Waals surface area contributed by atoms with Crippen LogP contribution in [0.25, 0.3) is 11.4 Å². The molecule has 2 N–H and O–H groups in total. The highest BCUT2D eigenvalue weighted by molar-refractivity contribution is 5.76. The molecule has 1 aliphatic heterocycles. The Morgan fingerprint density at radius 2 is 2.17 bits per heavy atom. The molecule has 7 heteroatoms. The Morgan fingerprint density at radius 1 is 1.35 bits per heavy atom. The van der Waals surface area contributed by atoms with Gasteiger partial charge in [-0.3, -0.25) is 9.78 Å². The first-order valence-electron chi connectivity index (χ1n) is 8.00. The molecule has 1 fully saturated rings. The van der Waals surface area contributed by atoms with Gasteiger partial charge < -0.3 is 15.2 Å². The molecule has 1 unspecified atom stereocenters. The molecule has 0 bridgehead atoms. The highest BCUT2D eigenvalue weighted by Crippen LogP contribution is 2.18. The standard InChI is InChI=1S/C16H21N5O2/c17-11-13-3-1-2-10-21(13)15(22)5-4-14-19-16(20-23-14)12-6-8-18-9-7-12/h6-9,13H,1-5,10-11,17H2. The molecule has 1 atom stereocenters. The number of pyridine rings is 1. The lowest BCUT2D eigenvalue weighted by Crippen LogP contribution is -2.47. The molecule has 3 heterocycles. The van der Waals surface area contributed by atoms with Crippen LogP contribution in [0.2, 0.25) is 0 Å². The van der Waals surface area contributed by atoms with Crippen molar-refractivity contribution in [1.82, 2.24) is 20.0 Å². The number of carbonyl (C=O) groups is 1. The summed E-state index contributed by atoms with van der Waals surface area (Å²) >= 11 is 0. The van der Waals surface area contributed by atoms with E-state index in [4.69, 9.17) is 10.3 Å². The highest BCUT2D eigenvalue weighted by Gasteiger charge is 2.25. The molecular formula is C16H21N5O2. The van der Waals surface area contributed by atoms with E-state index in [1.165, 1.54) is 0 Å². The molecule has 3 rings (SSSR count). The Morgan fingerprint density at radius 3 is 2.96 bits per heavy atom. The molecule has 1 aliphatic rings. The van der Waals surface area contributed by atoms with Crippen molar-refractivity contribution in [3.05, 3.63) is 30.4 Å². The smallest absolute Gasteiger partial charge is 0.227 e. The molecule has 0 aromatic carbocycles. The van der Waals surface area contributed by atoms with Crippen LogP contribution in [-0.4, -0.2) is 45.1 Å². The Balaban J connectivity index is 1.58. The summed E-state index contributed by atoms with van der Waals surface area (Å²) in [6.07, 6.45) is 7.37. The third kappa shape index (κ3) is 3.73. The fraction of sp³-hybridized carbons (Fsp3) is 0.500. The number of likely N-dealkylation sites (tertiary alicyclic amines) is 1. The maximum Gasteiger partial charge on any atom is 0.227 e. The number of aryl methyl sites for hydroxylation is 1. The number of amides is 1. The summed E-state index contributed by atoms with van der Waals surface area (Å²) in [6.45, 7) is 1.32. The van der Waals surface area contributed by atoms with Gasteiger partial charge in [-0.2, -0.15) is 4.98 Å². The Hall–Kier alpha value is -2.28. The van der Waals surface area contributed by atoms with E-state index >= 15 is 0 Å². The van der Waals surface area contributed by atoms with E-state index < -0.39 is 0 Å². The van der Waals surface area contributed by atoms with Gasteiger partial charge >= 0.3 is 0 Å². The fourth-order valence-corrected chi connectivity index (χ4v) is 2.91. The summed E-state index contributed by atoms with van der Waals surface area (Å²) in [4.78, 5) is 22.6. The second kappa shape index (κ2) is 7.32. The van der Waals surface area contributed by atoms with Gasteiger partial charge in [0.2, 0.25) is 17.6 Å². The van der Waals surface area contributed by atoms with Gasteiger partial charge in [0.05, 0.1) is 0 Å². The largest absolute Gasteiger partial charge is 0.339 e. The normalized spacial score (nSPS) is 18.1. The number of hydrogen-bond acceptors (Lipinski definition) is 6. The third-order valence-corrected chi connectivity index (χ3v) is 4.18. The molecule has 2 aromatic heterocycles. The van der Waals surface area contributed by atoms with E-state index in [-0.39, 0.29) is 11.9 Å². The number of carbonyl (C=O) groups excluding carboxylic acids is 1. The van der Waals surface area contributed by atoms with Gasteiger partial charge in [0.15, 0.2) is 0 Å². The molecule has 1 amide bonds. The first kappa shape index (κ1) is 15.6. The quantitative estimate of drug-likeness (QED) is 0.895. The van der Waals surface area contributed by atoms with E-state index in [1.807, 2.05) is 17.0 Å². The minimum atomic E-state index is 0.115. The molecule has 0 radical (unpaired) electrons. The van der Waals surface area contributed by atoms with E-state index in [0.717, 1.165) is 31.4 Å². The predicted molar refractivity (Wildman–Crippen MR) is 84.3 cm³/mol. The van der Waals surface area contributed by atoms with Gasteiger partial charge in [-0.25, -0.2) is 0 Å². The minimum Gasteiger partial charge on any atom is -0.339 e. The second-order valence-electron chi connectivity index (χ2n) is 5.72. The van der Waals surface area contributed by atoms with Gasteiger partial charge in [0.25, 0.3) is 0 Å². The van der Waals surface area contributed by atoms with Crippen molar-refractivity contribution in [2.75, 3.05) is 13.1 Å². The Kier molecular flexibility index (Phi) is 4.97. The van der Waals surface area contributed by atoms with Crippen molar-refractivity contribution in [1.29, 1.82) is 0 Å². The second-order valence-corrected chi connectivity index (χ2v) is 5.72. The van der Waals surface area contributed by atoms with Gasteiger partial charge in [-0.1, -0.05) is 5.16 Å². The van der Waals surface area contributed by atoms with E-state index in [9.17, 15) is 4.79 Å². The molecule has 0 saturated carbocycles. The number of aromatic nitrogens is 3. The van der Waals surface area contributed by atoms with Crippen LogP contribution >= 0.6 is 0 Å². The third-order valence-electron chi connectivity index (χ3n) is 4.18. The van der Waals surface area contributed by atoms with Crippen LogP contribution in [-0.2, 0) is 11.2 Å². The molecule has 7 nitrogen and oxygen atoms in total. The predicted octanol–water partition coefficient (Wildman–Crippen LogP) is 1.40. The van der Waals surface area contributed by atoms with Crippen LogP contribution in [0.5, 0.6) is 0 Å². The summed E-state index contributed by atoms with van der Waals surface area (Å²) in [5.74, 6) is 1.11. The fourth-order valence-electron chi connectivity index (χ4n) is 2.91. The monoisotopic (exact) mass is 315 g/mol. The van der Waals surface area contributed by atoms with Crippen molar-refractivity contribution in [2.45, 2.75) is 38.1 Å². The first-order chi connectivity index (χ1) is 11.3. The van der Waals surface area contributed by atoms with Crippen LogP contribution in [0.15, 0.2) is 29.0 Å². The average Bonchev–Trinajstić information content (AvgIpc) is 3.09. The summed E-state index contributed by atoms with van der Waals surface area (Å²) < 4.78 is 5.23. The summed E-state index contributed by atoms with van der Waals surface area (Å²) in [7, 11) is 0. The van der Waals surface area contributed by atoms with Gasteiger partial charge in [0.1, 0.15) is 0 Å². The maximum atomic E-state index is 12.4. The van der Waals surface area contributed by atoms with E-state index in [1.54, 1.807) is 12.4 Å². The molecule has 2 aromatic rings. The van der Waals surface area contributed by atoms with Crippen LogP contribution in [0.3, 0.4) is 0 Å². The minimum absolute atomic E-state index is 0.115. The van der Waals surface area contributed by atoms with Crippen LogP contribution in [0, 0.1) is 0 Å². The summed E-state index contributed by atoms with van der Waals surface area (Å²) in [5.41, 5.74) is 6.61. The van der Waals surface area contributed by atoms with Crippen molar-refractivity contribution in [3.63, 3.8) is 0 Å². The SMILES string of the molecule is NCC1CCCCN1C(=O)CCc1nc(-c2ccncc2)no1. The zero-order valence-corrected chi connectivity index (χ0v) is 13.0. The zero-order chi connectivity index (χ0) is 16.1. The number of piperidine rings is 1. The number of hydrogen-bond donors (Lipinski definition) is 1. The molecule has 0 aliphatic carbocycles. The maximum absolute atomic E-state index is 12.4. The lowest BCUT2D eigenvalue weighted by molar-refractivity contribution is -0.134. The van der Waals surface area contributed by atoms with Crippen molar-refractivity contribution in [3.8, 4) is 11.4 Å². The lowest BCUT2D eigenvalue weighted by Gasteiger charge is -2.35. The molecule has 0 spiro atoms. The van der Waals surface area contributed by atoms with Gasteiger partial charge in [-0.15, -0.1) is 0 Å². The van der Waals surface area contributed by atoms with Gasteiger partial charge in [0, 0.05) is 49.9 Å². The van der Waals surface area contributed by atoms with E-state index in [2.05, 4.69) is 15.1 Å². The van der Waals surface area contributed by atoms with Gasteiger partial charge in [-0.05, 0) is 31.4 Å². The average molecular weight is 315 g/mol.